The molecule has 0 saturated heterocycles. The van der Waals surface area contributed by atoms with Crippen molar-refractivity contribution in [1.29, 1.82) is 0 Å². The van der Waals surface area contributed by atoms with Crippen LogP contribution in [0.5, 0.6) is 0 Å². The second kappa shape index (κ2) is 6.62. The molecule has 0 saturated carbocycles. The van der Waals surface area contributed by atoms with E-state index in [2.05, 4.69) is 9.97 Å². The fraction of sp³-hybridized carbons (Fsp3) is 0.471. The number of aromatic amines is 1. The number of nitrogens with zero attached hydrogens (tertiary/aromatic N) is 3. The van der Waals surface area contributed by atoms with Crippen LogP contribution in [0.25, 0.3) is 0 Å². The molecule has 0 spiro atoms. The molecule has 6 nitrogen and oxygen atoms in total. The molecule has 1 amide bonds. The molecular formula is C17H19F3N4O2. The highest BCUT2D eigenvalue weighted by molar-refractivity contribution is 5.94. The van der Waals surface area contributed by atoms with E-state index < -0.39 is 11.9 Å². The summed E-state index contributed by atoms with van der Waals surface area (Å²) in [7, 11) is 1.63. The Bertz CT molecular complexity index is 885. The second-order valence-corrected chi connectivity index (χ2v) is 6.70. The summed E-state index contributed by atoms with van der Waals surface area (Å²) in [6.45, 7) is 2.46. The maximum Gasteiger partial charge on any atom is 0.434 e. The average molecular weight is 368 g/mol. The van der Waals surface area contributed by atoms with E-state index in [0.29, 0.717) is 43.0 Å². The van der Waals surface area contributed by atoms with E-state index in [0.717, 1.165) is 6.20 Å². The van der Waals surface area contributed by atoms with Gasteiger partial charge in [-0.3, -0.25) is 9.59 Å². The van der Waals surface area contributed by atoms with Crippen LogP contribution in [-0.2, 0) is 19.1 Å². The van der Waals surface area contributed by atoms with Crippen LogP contribution in [0.2, 0.25) is 0 Å². The number of fused-ring (bicyclic) bond motifs is 1. The number of carbonyl (C=O) groups excluding carboxylic acids is 1. The van der Waals surface area contributed by atoms with Crippen LogP contribution >= 0.6 is 0 Å². The summed E-state index contributed by atoms with van der Waals surface area (Å²) in [5.41, 5.74) is -0.333. The molecule has 26 heavy (non-hydrogen) atoms. The number of nitrogens with one attached hydrogen (secondary N) is 1. The zero-order chi connectivity index (χ0) is 19.1. The number of alkyl halides is 3. The standard InChI is InChI=1S/C17H19F3N4O2/c1-10-5-12(6-15(25)21-10)16(26)23(2)7-11-3-4-14-22-13(17(18,19)20)9-24(14)8-11/h5-6,9,11H,3-4,7-8H2,1-2H3,(H,21,25)/t11-/m1/s1. The fourth-order valence-electron chi connectivity index (χ4n) is 3.30. The molecule has 2 aromatic rings. The van der Waals surface area contributed by atoms with E-state index in [-0.39, 0.29) is 17.4 Å². The van der Waals surface area contributed by atoms with Crippen LogP contribution in [-0.4, -0.2) is 38.9 Å². The van der Waals surface area contributed by atoms with E-state index in [4.69, 9.17) is 0 Å². The Morgan fingerprint density at radius 1 is 1.42 bits per heavy atom. The number of pyridine rings is 1. The summed E-state index contributed by atoms with van der Waals surface area (Å²) in [5, 5.41) is 0. The van der Waals surface area contributed by atoms with Gasteiger partial charge in [0.2, 0.25) is 5.56 Å². The van der Waals surface area contributed by atoms with Crippen LogP contribution < -0.4 is 5.56 Å². The summed E-state index contributed by atoms with van der Waals surface area (Å²) in [5.74, 6) is 0.161. The molecule has 3 rings (SSSR count). The van der Waals surface area contributed by atoms with Gasteiger partial charge < -0.3 is 14.5 Å². The minimum Gasteiger partial charge on any atom is -0.341 e. The zero-order valence-electron chi connectivity index (χ0n) is 14.4. The molecule has 1 N–H and O–H groups in total. The monoisotopic (exact) mass is 368 g/mol. The van der Waals surface area contributed by atoms with Crippen molar-refractivity contribution >= 4 is 5.91 Å². The Labute approximate surface area is 147 Å². The Hall–Kier alpha value is -2.58. The topological polar surface area (TPSA) is 71.0 Å². The molecule has 1 aliphatic rings. The highest BCUT2D eigenvalue weighted by Gasteiger charge is 2.36. The third kappa shape index (κ3) is 3.81. The number of halogens is 3. The number of aryl methyl sites for hydroxylation is 2. The van der Waals surface area contributed by atoms with Crippen molar-refractivity contribution in [2.75, 3.05) is 13.6 Å². The summed E-state index contributed by atoms with van der Waals surface area (Å²) >= 11 is 0. The molecule has 9 heteroatoms. The minimum atomic E-state index is -4.45. The smallest absolute Gasteiger partial charge is 0.341 e. The number of imidazole rings is 1. The van der Waals surface area contributed by atoms with E-state index in [1.807, 2.05) is 0 Å². The van der Waals surface area contributed by atoms with Gasteiger partial charge in [-0.25, -0.2) is 4.98 Å². The van der Waals surface area contributed by atoms with Gasteiger partial charge in [0.25, 0.3) is 5.91 Å². The first kappa shape index (κ1) is 18.2. The third-order valence-corrected chi connectivity index (χ3v) is 4.49. The van der Waals surface area contributed by atoms with E-state index in [1.165, 1.54) is 15.5 Å². The quantitative estimate of drug-likeness (QED) is 0.903. The Morgan fingerprint density at radius 2 is 2.15 bits per heavy atom. The average Bonchev–Trinajstić information content (AvgIpc) is 2.96. The van der Waals surface area contributed by atoms with Crippen LogP contribution in [0.15, 0.2) is 23.1 Å². The van der Waals surface area contributed by atoms with Crippen molar-refractivity contribution in [1.82, 2.24) is 19.4 Å². The SMILES string of the molecule is Cc1cc(C(=O)N(C)C[C@H]2CCc3nc(C(F)(F)F)cn3C2)cc(=O)[nH]1. The van der Waals surface area contributed by atoms with Crippen molar-refractivity contribution in [2.45, 2.75) is 32.5 Å². The Morgan fingerprint density at radius 3 is 2.81 bits per heavy atom. The molecule has 0 bridgehead atoms. The van der Waals surface area contributed by atoms with E-state index >= 15 is 0 Å². The van der Waals surface area contributed by atoms with Gasteiger partial charge in [0, 0.05) is 50.1 Å². The summed E-state index contributed by atoms with van der Waals surface area (Å²) in [6.07, 6.45) is -2.33. The van der Waals surface area contributed by atoms with Crippen LogP contribution in [0.1, 0.15) is 34.0 Å². The first-order valence-electron chi connectivity index (χ1n) is 8.23. The second-order valence-electron chi connectivity index (χ2n) is 6.70. The number of hydrogen-bond donors (Lipinski definition) is 1. The lowest BCUT2D eigenvalue weighted by atomic mass is 9.98. The van der Waals surface area contributed by atoms with Gasteiger partial charge in [0.1, 0.15) is 5.82 Å². The number of hydrogen-bond acceptors (Lipinski definition) is 3. The lowest BCUT2D eigenvalue weighted by molar-refractivity contribution is -0.141. The number of rotatable bonds is 3. The molecule has 1 atom stereocenters. The molecule has 0 unspecified atom stereocenters. The molecular weight excluding hydrogens is 349 g/mol. The number of amides is 1. The molecule has 0 aromatic carbocycles. The van der Waals surface area contributed by atoms with Crippen LogP contribution in [0, 0.1) is 12.8 Å². The van der Waals surface area contributed by atoms with E-state index in [9.17, 15) is 22.8 Å². The molecule has 2 aromatic heterocycles. The first-order chi connectivity index (χ1) is 12.1. The number of H-pyrrole nitrogens is 1. The fourth-order valence-corrected chi connectivity index (χ4v) is 3.30. The molecule has 0 radical (unpaired) electrons. The van der Waals surface area contributed by atoms with Gasteiger partial charge in [-0.05, 0) is 25.3 Å². The summed E-state index contributed by atoms with van der Waals surface area (Å²) in [4.78, 5) is 31.8. The lowest BCUT2D eigenvalue weighted by Crippen LogP contribution is -2.35. The highest BCUT2D eigenvalue weighted by Crippen LogP contribution is 2.30. The lowest BCUT2D eigenvalue weighted by Gasteiger charge is -2.28. The van der Waals surface area contributed by atoms with Gasteiger partial charge in [-0.1, -0.05) is 0 Å². The van der Waals surface area contributed by atoms with Gasteiger partial charge in [0.15, 0.2) is 5.69 Å². The predicted molar refractivity (Wildman–Crippen MR) is 87.8 cm³/mol. The molecule has 3 heterocycles. The van der Waals surface area contributed by atoms with Crippen molar-refractivity contribution in [3.8, 4) is 0 Å². The molecule has 1 aliphatic heterocycles. The number of aromatic nitrogens is 3. The highest BCUT2D eigenvalue weighted by atomic mass is 19.4. The predicted octanol–water partition coefficient (Wildman–Crippen LogP) is 2.23. The molecule has 140 valence electrons. The Balaban J connectivity index is 1.69. The maximum absolute atomic E-state index is 12.8. The normalized spacial score (nSPS) is 17.0. The maximum atomic E-state index is 12.8. The summed E-state index contributed by atoms with van der Waals surface area (Å²) in [6, 6.07) is 2.85. The molecule has 0 fully saturated rings. The van der Waals surface area contributed by atoms with Crippen molar-refractivity contribution in [2.24, 2.45) is 5.92 Å². The number of carbonyl (C=O) groups is 1. The van der Waals surface area contributed by atoms with E-state index in [1.54, 1.807) is 20.0 Å². The van der Waals surface area contributed by atoms with Gasteiger partial charge in [-0.2, -0.15) is 13.2 Å². The largest absolute Gasteiger partial charge is 0.434 e. The first-order valence-corrected chi connectivity index (χ1v) is 8.23. The third-order valence-electron chi connectivity index (χ3n) is 4.49. The minimum absolute atomic E-state index is 0.0230. The van der Waals surface area contributed by atoms with Crippen LogP contribution in [0.4, 0.5) is 13.2 Å². The van der Waals surface area contributed by atoms with Crippen molar-refractivity contribution in [3.05, 3.63) is 51.5 Å². The van der Waals surface area contributed by atoms with Crippen molar-refractivity contribution < 1.29 is 18.0 Å². The van der Waals surface area contributed by atoms with Crippen LogP contribution in [0.3, 0.4) is 0 Å². The van der Waals surface area contributed by atoms with Gasteiger partial charge >= 0.3 is 6.18 Å². The summed E-state index contributed by atoms with van der Waals surface area (Å²) < 4.78 is 39.9. The zero-order valence-corrected chi connectivity index (χ0v) is 14.4. The van der Waals surface area contributed by atoms with Gasteiger partial charge in [0.05, 0.1) is 0 Å². The van der Waals surface area contributed by atoms with Gasteiger partial charge in [-0.15, -0.1) is 0 Å². The Kier molecular flexibility index (Phi) is 4.64. The van der Waals surface area contributed by atoms with Crippen molar-refractivity contribution in [3.63, 3.8) is 0 Å². The molecule has 0 aliphatic carbocycles.